The van der Waals surface area contributed by atoms with Crippen LogP contribution >= 0.6 is 23.4 Å². The number of unbranched alkanes of at least 4 members (excludes halogenated alkanes) is 3. The van der Waals surface area contributed by atoms with Crippen LogP contribution in [0, 0.1) is 0 Å². The smallest absolute Gasteiger partial charge is 0.240 e. The second-order valence-corrected chi connectivity index (χ2v) is 12.3. The maximum absolute atomic E-state index is 12.7. The second kappa shape index (κ2) is 15.0. The first-order valence-corrected chi connectivity index (χ1v) is 16.1. The first-order chi connectivity index (χ1) is 19.9. The highest BCUT2D eigenvalue weighted by Gasteiger charge is 2.17. The molecule has 1 heterocycles. The van der Waals surface area contributed by atoms with Gasteiger partial charge in [0.15, 0.2) is 11.0 Å². The Kier molecular flexibility index (Phi) is 11.2. The van der Waals surface area contributed by atoms with Crippen LogP contribution in [0.25, 0.3) is 5.69 Å². The number of amides is 1. The van der Waals surface area contributed by atoms with Crippen LogP contribution in [0.15, 0.2) is 88.9 Å². The monoisotopic (exact) mass is 613 g/mol. The fourth-order valence-corrected chi connectivity index (χ4v) is 5.86. The summed E-state index contributed by atoms with van der Waals surface area (Å²) >= 11 is 7.19. The minimum absolute atomic E-state index is 0.0718. The maximum Gasteiger partial charge on any atom is 0.240 e. The number of rotatable bonds is 15. The zero-order valence-corrected chi connectivity index (χ0v) is 25.0. The van der Waals surface area contributed by atoms with Crippen molar-refractivity contribution in [1.82, 2.24) is 19.5 Å². The maximum atomic E-state index is 12.7. The molecule has 0 atom stereocenters. The second-order valence-electron chi connectivity index (χ2n) is 9.13. The van der Waals surface area contributed by atoms with Crippen LogP contribution in [-0.2, 0) is 21.4 Å². The zero-order chi connectivity index (χ0) is 29.1. The Morgan fingerprint density at radius 3 is 2.39 bits per heavy atom. The Morgan fingerprint density at radius 2 is 1.68 bits per heavy atom. The van der Waals surface area contributed by atoms with Crippen molar-refractivity contribution in [2.45, 2.75) is 49.3 Å². The molecule has 0 fully saturated rings. The lowest BCUT2D eigenvalue weighted by molar-refractivity contribution is -0.113. The molecular weight excluding hydrogens is 582 g/mol. The molecule has 4 aromatic rings. The lowest BCUT2D eigenvalue weighted by Gasteiger charge is -2.11. The molecule has 1 amide bonds. The topological polar surface area (TPSA) is 115 Å². The lowest BCUT2D eigenvalue weighted by atomic mass is 10.2. The lowest BCUT2D eigenvalue weighted by Crippen LogP contribution is -2.24. The summed E-state index contributed by atoms with van der Waals surface area (Å²) in [7, 11) is -3.59. The van der Waals surface area contributed by atoms with Gasteiger partial charge in [-0.1, -0.05) is 67.7 Å². The van der Waals surface area contributed by atoms with Crippen molar-refractivity contribution < 1.29 is 17.9 Å². The largest absolute Gasteiger partial charge is 0.486 e. The summed E-state index contributed by atoms with van der Waals surface area (Å²) in [6.45, 7) is 2.68. The van der Waals surface area contributed by atoms with E-state index >= 15 is 0 Å². The van der Waals surface area contributed by atoms with Gasteiger partial charge < -0.3 is 10.1 Å². The van der Waals surface area contributed by atoms with Gasteiger partial charge in [-0.15, -0.1) is 10.2 Å². The van der Waals surface area contributed by atoms with Crippen LogP contribution in [-0.4, -0.2) is 41.4 Å². The number of nitrogens with one attached hydrogen (secondary N) is 2. The van der Waals surface area contributed by atoms with Crippen molar-refractivity contribution in [2.24, 2.45) is 0 Å². The highest BCUT2D eigenvalue weighted by atomic mass is 35.5. The van der Waals surface area contributed by atoms with Crippen molar-refractivity contribution in [1.29, 1.82) is 0 Å². The number of carbonyl (C=O) groups excluding carboxylic acids is 1. The number of aromatic nitrogens is 3. The Hall–Kier alpha value is -3.38. The van der Waals surface area contributed by atoms with Crippen LogP contribution in [0.5, 0.6) is 5.75 Å². The molecule has 0 spiro atoms. The molecule has 0 saturated carbocycles. The summed E-state index contributed by atoms with van der Waals surface area (Å²) in [5, 5.41) is 12.6. The number of hydrogen-bond donors (Lipinski definition) is 2. The molecule has 12 heteroatoms. The number of para-hydroxylation sites is 1. The van der Waals surface area contributed by atoms with E-state index in [1.165, 1.54) is 23.9 Å². The van der Waals surface area contributed by atoms with E-state index in [0.717, 1.165) is 31.4 Å². The number of thioether (sulfide) groups is 1. The molecule has 9 nitrogen and oxygen atoms in total. The molecule has 0 radical (unpaired) electrons. The fourth-order valence-electron chi connectivity index (χ4n) is 3.89. The number of halogens is 1. The summed E-state index contributed by atoms with van der Waals surface area (Å²) in [6, 6.07) is 22.7. The summed E-state index contributed by atoms with van der Waals surface area (Å²) in [6.07, 6.45) is 3.96. The van der Waals surface area contributed by atoms with Crippen molar-refractivity contribution in [2.75, 3.05) is 17.6 Å². The number of ether oxygens (including phenoxy) is 1. The van der Waals surface area contributed by atoms with Crippen LogP contribution in [0.1, 0.15) is 38.4 Å². The van der Waals surface area contributed by atoms with E-state index in [0.29, 0.717) is 34.0 Å². The van der Waals surface area contributed by atoms with Gasteiger partial charge in [0, 0.05) is 22.9 Å². The zero-order valence-electron chi connectivity index (χ0n) is 22.6. The quantitative estimate of drug-likeness (QED) is 0.123. The molecule has 3 aromatic carbocycles. The van der Waals surface area contributed by atoms with E-state index in [1.807, 2.05) is 34.9 Å². The SMILES string of the molecule is CCCCCCNS(=O)(=O)c1ccc(NC(=O)CSc2nnc(COc3ccc(Cl)cc3)n2-c2ccccc2)cc1. The van der Waals surface area contributed by atoms with Gasteiger partial charge in [-0.05, 0) is 67.1 Å². The summed E-state index contributed by atoms with van der Waals surface area (Å²) < 4.78 is 35.4. The number of benzene rings is 3. The number of nitrogens with zero attached hydrogens (tertiary/aromatic N) is 3. The Labute approximate surface area is 249 Å². The Balaban J connectivity index is 1.36. The van der Waals surface area contributed by atoms with Gasteiger partial charge in [0.1, 0.15) is 12.4 Å². The third kappa shape index (κ3) is 9.06. The van der Waals surface area contributed by atoms with Crippen LogP contribution in [0.4, 0.5) is 5.69 Å². The number of sulfonamides is 1. The van der Waals surface area contributed by atoms with Crippen molar-refractivity contribution in [3.8, 4) is 11.4 Å². The summed E-state index contributed by atoms with van der Waals surface area (Å²) in [4.78, 5) is 12.9. The number of anilines is 1. The molecule has 0 aliphatic carbocycles. The highest BCUT2D eigenvalue weighted by molar-refractivity contribution is 7.99. The summed E-state index contributed by atoms with van der Waals surface area (Å²) in [5.74, 6) is 1.03. The van der Waals surface area contributed by atoms with Gasteiger partial charge in [-0.2, -0.15) is 0 Å². The fraction of sp³-hybridized carbons (Fsp3) is 0.276. The third-order valence-corrected chi connectivity index (χ3v) is 8.66. The van der Waals surface area contributed by atoms with Gasteiger partial charge in [0.05, 0.1) is 10.6 Å². The molecule has 216 valence electrons. The third-order valence-electron chi connectivity index (χ3n) is 6.00. The molecule has 4 rings (SSSR count). The molecule has 0 aliphatic rings. The predicted molar refractivity (Wildman–Crippen MR) is 162 cm³/mol. The van der Waals surface area contributed by atoms with Crippen LogP contribution in [0.2, 0.25) is 5.02 Å². The standard InChI is InChI=1S/C29H32ClN5O4S2/c1-2-3-4-8-19-31-41(37,38)26-17-13-23(14-18-26)32-28(36)21-40-29-34-33-27(35(29)24-9-6-5-7-10-24)20-39-25-15-11-22(30)12-16-25/h5-7,9-18,31H,2-4,8,19-21H2,1H3,(H,32,36). The first kappa shape index (κ1) is 30.6. The van der Waals surface area contributed by atoms with Crippen LogP contribution < -0.4 is 14.8 Å². The van der Waals surface area contributed by atoms with Gasteiger partial charge in [0.25, 0.3) is 0 Å². The summed E-state index contributed by atoms with van der Waals surface area (Å²) in [5.41, 5.74) is 1.34. The van der Waals surface area contributed by atoms with Crippen molar-refractivity contribution in [3.63, 3.8) is 0 Å². The van der Waals surface area contributed by atoms with Gasteiger partial charge in [-0.25, -0.2) is 13.1 Å². The molecule has 2 N–H and O–H groups in total. The van der Waals surface area contributed by atoms with E-state index < -0.39 is 10.0 Å². The minimum atomic E-state index is -3.59. The Bertz CT molecular complexity index is 1510. The molecule has 0 unspecified atom stereocenters. The first-order valence-electron chi connectivity index (χ1n) is 13.3. The molecule has 0 saturated heterocycles. The molecule has 41 heavy (non-hydrogen) atoms. The Morgan fingerprint density at radius 1 is 0.951 bits per heavy atom. The average Bonchev–Trinajstić information content (AvgIpc) is 3.39. The van der Waals surface area contributed by atoms with E-state index in [9.17, 15) is 13.2 Å². The van der Waals surface area contributed by atoms with E-state index in [2.05, 4.69) is 27.2 Å². The van der Waals surface area contributed by atoms with Gasteiger partial charge >= 0.3 is 0 Å². The predicted octanol–water partition coefficient (Wildman–Crippen LogP) is 6.09. The van der Waals surface area contributed by atoms with E-state index in [4.69, 9.17) is 16.3 Å². The normalized spacial score (nSPS) is 11.4. The van der Waals surface area contributed by atoms with E-state index in [-0.39, 0.29) is 23.2 Å². The van der Waals surface area contributed by atoms with Crippen LogP contribution in [0.3, 0.4) is 0 Å². The van der Waals surface area contributed by atoms with E-state index in [1.54, 1.807) is 36.4 Å². The molecule has 0 bridgehead atoms. The average molecular weight is 614 g/mol. The molecule has 0 aliphatic heterocycles. The molecule has 1 aromatic heterocycles. The highest BCUT2D eigenvalue weighted by Crippen LogP contribution is 2.24. The minimum Gasteiger partial charge on any atom is -0.486 e. The number of hydrogen-bond acceptors (Lipinski definition) is 7. The van der Waals surface area contributed by atoms with Gasteiger partial charge in [0.2, 0.25) is 15.9 Å². The van der Waals surface area contributed by atoms with Crippen molar-refractivity contribution in [3.05, 3.63) is 89.7 Å². The van der Waals surface area contributed by atoms with Crippen molar-refractivity contribution >= 4 is 45.0 Å². The molecular formula is C29H32ClN5O4S2. The number of carbonyl (C=O) groups is 1. The van der Waals surface area contributed by atoms with Gasteiger partial charge in [-0.3, -0.25) is 9.36 Å².